The molecule has 0 bridgehead atoms. The first-order chi connectivity index (χ1) is 14.7. The zero-order valence-electron chi connectivity index (χ0n) is 17.3. The fraction of sp³-hybridized carbons (Fsp3) is 0.227. The highest BCUT2D eigenvalue weighted by molar-refractivity contribution is 6.31. The first-order valence-electron chi connectivity index (χ1n) is 9.57. The van der Waals surface area contributed by atoms with E-state index in [0.717, 1.165) is 0 Å². The van der Waals surface area contributed by atoms with Gasteiger partial charge in [-0.15, -0.1) is 0 Å². The molecule has 1 N–H and O–H groups in total. The summed E-state index contributed by atoms with van der Waals surface area (Å²) < 4.78 is 1.45. The van der Waals surface area contributed by atoms with Crippen molar-refractivity contribution in [3.63, 3.8) is 0 Å². The number of aromatic nitrogens is 2. The van der Waals surface area contributed by atoms with Crippen LogP contribution in [0.25, 0.3) is 0 Å². The smallest absolute Gasteiger partial charge is 0.312 e. The fourth-order valence-corrected chi connectivity index (χ4v) is 3.46. The summed E-state index contributed by atoms with van der Waals surface area (Å²) in [6, 6.07) is 13.4. The van der Waals surface area contributed by atoms with Gasteiger partial charge in [0.15, 0.2) is 5.78 Å². The molecular weight excluding hydrogens is 420 g/mol. The second-order valence-electron chi connectivity index (χ2n) is 7.23. The van der Waals surface area contributed by atoms with Crippen LogP contribution < -0.4 is 5.32 Å². The van der Waals surface area contributed by atoms with Gasteiger partial charge < -0.3 is 5.32 Å². The number of carbonyl (C=O) groups excluding carboxylic acids is 2. The van der Waals surface area contributed by atoms with Gasteiger partial charge in [-0.1, -0.05) is 48.9 Å². The van der Waals surface area contributed by atoms with Crippen LogP contribution in [-0.2, 0) is 11.3 Å². The van der Waals surface area contributed by atoms with Crippen LogP contribution in [0.2, 0.25) is 5.02 Å². The van der Waals surface area contributed by atoms with E-state index in [1.165, 1.54) is 10.7 Å². The first kappa shape index (κ1) is 22.2. The maximum absolute atomic E-state index is 12.9. The summed E-state index contributed by atoms with van der Waals surface area (Å²) in [5, 5.41) is 18.5. The lowest BCUT2D eigenvalue weighted by atomic mass is 10.0. The van der Waals surface area contributed by atoms with Crippen molar-refractivity contribution in [3.05, 3.63) is 86.2 Å². The quantitative estimate of drug-likeness (QED) is 0.329. The van der Waals surface area contributed by atoms with Gasteiger partial charge in [-0.3, -0.25) is 24.4 Å². The zero-order chi connectivity index (χ0) is 22.7. The molecule has 0 fully saturated rings. The minimum Gasteiger partial charge on any atom is -0.325 e. The number of aryl methyl sites for hydroxylation is 1. The number of nitro groups is 1. The van der Waals surface area contributed by atoms with Gasteiger partial charge in [0.1, 0.15) is 11.4 Å². The molecule has 0 saturated heterocycles. The average Bonchev–Trinajstić information content (AvgIpc) is 3.02. The Balaban J connectivity index is 1.81. The minimum absolute atomic E-state index is 0.0546. The second-order valence-corrected chi connectivity index (χ2v) is 7.67. The van der Waals surface area contributed by atoms with Crippen LogP contribution in [0.3, 0.4) is 0 Å². The molecule has 1 atom stereocenters. The molecule has 0 saturated carbocycles. The molecule has 31 heavy (non-hydrogen) atoms. The van der Waals surface area contributed by atoms with E-state index < -0.39 is 10.8 Å². The Hall–Kier alpha value is -3.52. The molecule has 3 rings (SSSR count). The molecule has 3 aromatic rings. The number of amides is 1. The average molecular weight is 441 g/mol. The molecule has 0 aliphatic rings. The van der Waals surface area contributed by atoms with E-state index in [1.807, 2.05) is 6.07 Å². The Bertz CT molecular complexity index is 1160. The largest absolute Gasteiger partial charge is 0.325 e. The molecule has 1 unspecified atom stereocenters. The zero-order valence-corrected chi connectivity index (χ0v) is 18.0. The third-order valence-corrected chi connectivity index (χ3v) is 5.18. The number of halogens is 1. The van der Waals surface area contributed by atoms with Gasteiger partial charge >= 0.3 is 5.69 Å². The van der Waals surface area contributed by atoms with Crippen LogP contribution in [0.1, 0.15) is 34.2 Å². The Morgan fingerprint density at radius 1 is 1.19 bits per heavy atom. The summed E-state index contributed by atoms with van der Waals surface area (Å²) >= 11 is 6.08. The van der Waals surface area contributed by atoms with Crippen LogP contribution in [0.5, 0.6) is 0 Å². The lowest BCUT2D eigenvalue weighted by Crippen LogP contribution is -2.26. The maximum Gasteiger partial charge on any atom is 0.312 e. The Morgan fingerprint density at radius 3 is 2.48 bits per heavy atom. The molecular formula is C22H21ClN4O4. The Morgan fingerprint density at radius 2 is 1.87 bits per heavy atom. The van der Waals surface area contributed by atoms with Crippen molar-refractivity contribution in [3.8, 4) is 0 Å². The lowest BCUT2D eigenvalue weighted by molar-refractivity contribution is -0.386. The van der Waals surface area contributed by atoms with Crippen molar-refractivity contribution >= 4 is 34.7 Å². The summed E-state index contributed by atoms with van der Waals surface area (Å²) in [5.41, 5.74) is 1.72. The van der Waals surface area contributed by atoms with Crippen molar-refractivity contribution in [2.75, 3.05) is 5.32 Å². The maximum atomic E-state index is 12.9. The summed E-state index contributed by atoms with van der Waals surface area (Å²) in [4.78, 5) is 36.5. The number of ketones is 1. The highest BCUT2D eigenvalue weighted by atomic mass is 35.5. The normalized spacial score (nSPS) is 11.7. The molecule has 2 aromatic carbocycles. The molecule has 0 aliphatic heterocycles. The number of hydrogen-bond acceptors (Lipinski definition) is 5. The van der Waals surface area contributed by atoms with Crippen molar-refractivity contribution in [1.82, 2.24) is 9.78 Å². The van der Waals surface area contributed by atoms with Crippen molar-refractivity contribution in [2.45, 2.75) is 27.3 Å². The van der Waals surface area contributed by atoms with Crippen LogP contribution in [-0.4, -0.2) is 26.4 Å². The molecule has 160 valence electrons. The SMILES string of the molecule is Cc1nn(CC(C)C(=O)Nc2ccc(Cl)cc2C(=O)c2ccccc2)c(C)c1[N+](=O)[O-]. The van der Waals surface area contributed by atoms with Gasteiger partial charge in [0.2, 0.25) is 5.91 Å². The van der Waals surface area contributed by atoms with Crippen LogP contribution in [0.15, 0.2) is 48.5 Å². The van der Waals surface area contributed by atoms with Crippen LogP contribution >= 0.6 is 11.6 Å². The molecule has 9 heteroatoms. The van der Waals surface area contributed by atoms with Gasteiger partial charge in [-0.05, 0) is 32.0 Å². The number of rotatable bonds is 7. The lowest BCUT2D eigenvalue weighted by Gasteiger charge is -2.15. The molecule has 0 spiro atoms. The van der Waals surface area contributed by atoms with E-state index in [0.29, 0.717) is 27.7 Å². The number of anilines is 1. The topological polar surface area (TPSA) is 107 Å². The van der Waals surface area contributed by atoms with Gasteiger partial charge in [-0.25, -0.2) is 0 Å². The van der Waals surface area contributed by atoms with Crippen molar-refractivity contribution in [1.29, 1.82) is 0 Å². The highest BCUT2D eigenvalue weighted by Crippen LogP contribution is 2.25. The van der Waals surface area contributed by atoms with E-state index in [-0.39, 0.29) is 29.5 Å². The third kappa shape index (κ3) is 4.80. The molecule has 0 aliphatic carbocycles. The standard InChI is InChI=1S/C22H21ClN4O4/c1-13(12-26-15(3)20(27(30)31)14(2)25-26)22(29)24-19-10-9-17(23)11-18(19)21(28)16-7-5-4-6-8-16/h4-11,13H,12H2,1-3H3,(H,24,29). The summed E-state index contributed by atoms with van der Waals surface area (Å²) in [5.74, 6) is -1.17. The first-order valence-corrected chi connectivity index (χ1v) is 9.95. The summed E-state index contributed by atoms with van der Waals surface area (Å²) in [6.07, 6.45) is 0. The monoisotopic (exact) mass is 440 g/mol. The number of benzene rings is 2. The highest BCUT2D eigenvalue weighted by Gasteiger charge is 2.25. The van der Waals surface area contributed by atoms with Gasteiger partial charge in [0.05, 0.1) is 23.1 Å². The van der Waals surface area contributed by atoms with Crippen LogP contribution in [0, 0.1) is 29.9 Å². The molecule has 0 radical (unpaired) electrons. The second kappa shape index (κ2) is 9.09. The number of carbonyl (C=O) groups is 2. The molecule has 1 aromatic heterocycles. The van der Waals surface area contributed by atoms with Gasteiger partial charge in [0, 0.05) is 16.1 Å². The van der Waals surface area contributed by atoms with E-state index in [4.69, 9.17) is 11.6 Å². The summed E-state index contributed by atoms with van der Waals surface area (Å²) in [7, 11) is 0. The predicted octanol–water partition coefficient (Wildman–Crippen LogP) is 4.57. The van der Waals surface area contributed by atoms with E-state index in [1.54, 1.807) is 57.2 Å². The van der Waals surface area contributed by atoms with Crippen LogP contribution in [0.4, 0.5) is 11.4 Å². The van der Waals surface area contributed by atoms with E-state index >= 15 is 0 Å². The summed E-state index contributed by atoms with van der Waals surface area (Å²) in [6.45, 7) is 4.99. The van der Waals surface area contributed by atoms with Gasteiger partial charge in [-0.2, -0.15) is 5.10 Å². The number of nitrogens with one attached hydrogen (secondary N) is 1. The third-order valence-electron chi connectivity index (χ3n) is 4.94. The number of hydrogen-bond donors (Lipinski definition) is 1. The van der Waals surface area contributed by atoms with E-state index in [2.05, 4.69) is 10.4 Å². The molecule has 8 nitrogen and oxygen atoms in total. The number of nitrogens with zero attached hydrogens (tertiary/aromatic N) is 3. The Labute approximate surface area is 184 Å². The Kier molecular flexibility index (Phi) is 6.50. The van der Waals surface area contributed by atoms with Crippen molar-refractivity contribution < 1.29 is 14.5 Å². The molecule has 1 amide bonds. The fourth-order valence-electron chi connectivity index (χ4n) is 3.29. The minimum atomic E-state index is -0.562. The van der Waals surface area contributed by atoms with Crippen molar-refractivity contribution in [2.24, 2.45) is 5.92 Å². The predicted molar refractivity (Wildman–Crippen MR) is 117 cm³/mol. The van der Waals surface area contributed by atoms with Gasteiger partial charge in [0.25, 0.3) is 0 Å². The molecule has 1 heterocycles. The van der Waals surface area contributed by atoms with E-state index in [9.17, 15) is 19.7 Å².